The van der Waals surface area contributed by atoms with Crippen molar-refractivity contribution in [2.75, 3.05) is 26.7 Å². The van der Waals surface area contributed by atoms with Gasteiger partial charge in [-0.1, -0.05) is 72.7 Å². The molecule has 46 heavy (non-hydrogen) atoms. The minimum Gasteiger partial charge on any atom is -0.508 e. The van der Waals surface area contributed by atoms with Crippen LogP contribution in [0.2, 0.25) is 0 Å². The van der Waals surface area contributed by atoms with E-state index in [1.807, 2.05) is 66.7 Å². The lowest BCUT2D eigenvalue weighted by Crippen LogP contribution is -2.66. The summed E-state index contributed by atoms with van der Waals surface area (Å²) in [5.74, 6) is 2.93. The molecule has 0 aliphatic carbocycles. The first-order valence-electron chi connectivity index (χ1n) is 15.1. The number of rotatable bonds is 9. The number of hydrogen-bond donors (Lipinski definition) is 2. The number of carbonyl (C=O) groups excluding carboxylic acids is 3. The van der Waals surface area contributed by atoms with Gasteiger partial charge in [0.05, 0.1) is 26.7 Å². The molecule has 4 aromatic carbocycles. The van der Waals surface area contributed by atoms with Crippen molar-refractivity contribution in [3.05, 3.63) is 108 Å². The first-order chi connectivity index (χ1) is 22.4. The Morgan fingerprint density at radius 1 is 1.00 bits per heavy atom. The van der Waals surface area contributed by atoms with Gasteiger partial charge in [-0.3, -0.25) is 9.59 Å². The van der Waals surface area contributed by atoms with Crippen molar-refractivity contribution in [1.82, 2.24) is 25.1 Å². The van der Waals surface area contributed by atoms with E-state index >= 15 is 0 Å². The summed E-state index contributed by atoms with van der Waals surface area (Å²) >= 11 is 0. The number of phenolic OH excluding ortho intramolecular Hbond substituents is 1. The number of carbonyl (C=O) groups is 3. The van der Waals surface area contributed by atoms with Crippen LogP contribution in [-0.2, 0) is 29.1 Å². The van der Waals surface area contributed by atoms with Gasteiger partial charge in [-0.15, -0.1) is 6.42 Å². The van der Waals surface area contributed by atoms with Gasteiger partial charge in [0.25, 0.3) is 0 Å². The Morgan fingerprint density at radius 3 is 2.46 bits per heavy atom. The van der Waals surface area contributed by atoms with Crippen molar-refractivity contribution < 1.29 is 24.2 Å². The van der Waals surface area contributed by atoms with E-state index < -0.39 is 18.2 Å². The number of nitrogens with zero attached hydrogens (tertiary/aromatic N) is 4. The molecular weight excluding hydrogens is 582 g/mol. The minimum absolute atomic E-state index is 0.0635. The van der Waals surface area contributed by atoms with Crippen LogP contribution in [0.15, 0.2) is 91.0 Å². The monoisotopic (exact) mass is 617 g/mol. The third-order valence-electron chi connectivity index (χ3n) is 8.56. The number of fused-ring (bicyclic) bond motifs is 2. The Hall–Kier alpha value is -5.53. The number of piperazine rings is 1. The Bertz CT molecular complexity index is 1780. The number of benzene rings is 4. The first-order valence-corrected chi connectivity index (χ1v) is 15.1. The molecule has 4 aromatic rings. The van der Waals surface area contributed by atoms with Gasteiger partial charge in [0.2, 0.25) is 11.8 Å². The molecule has 10 nitrogen and oxygen atoms in total. The fraction of sp³-hybridized carbons (Fsp3) is 0.250. The lowest BCUT2D eigenvalue weighted by atomic mass is 9.99. The molecular formula is C36H35N5O5. The molecule has 2 heterocycles. The Kier molecular flexibility index (Phi) is 8.76. The van der Waals surface area contributed by atoms with Gasteiger partial charge in [-0.2, -0.15) is 5.01 Å². The van der Waals surface area contributed by atoms with Crippen LogP contribution in [0.4, 0.5) is 4.79 Å². The first kappa shape index (κ1) is 30.5. The summed E-state index contributed by atoms with van der Waals surface area (Å²) in [5, 5.41) is 17.9. The molecule has 2 fully saturated rings. The number of aromatic hydroxyl groups is 1. The van der Waals surface area contributed by atoms with Crippen LogP contribution >= 0.6 is 0 Å². The summed E-state index contributed by atoms with van der Waals surface area (Å²) in [7, 11) is 1.59. The molecule has 2 aliphatic rings. The van der Waals surface area contributed by atoms with E-state index in [1.165, 1.54) is 5.01 Å². The van der Waals surface area contributed by atoms with Crippen LogP contribution in [0, 0.1) is 12.3 Å². The number of hydrazine groups is 1. The summed E-state index contributed by atoms with van der Waals surface area (Å²) in [6.45, 7) is 0.592. The number of phenols is 1. The van der Waals surface area contributed by atoms with Gasteiger partial charge in [0, 0.05) is 19.5 Å². The van der Waals surface area contributed by atoms with E-state index in [1.54, 1.807) is 46.2 Å². The Balaban J connectivity index is 1.30. The zero-order valence-corrected chi connectivity index (χ0v) is 25.5. The number of urea groups is 1. The lowest BCUT2D eigenvalue weighted by Gasteiger charge is -2.46. The lowest BCUT2D eigenvalue weighted by molar-refractivity contribution is -0.157. The maximum Gasteiger partial charge on any atom is 0.333 e. The average Bonchev–Trinajstić information content (AvgIpc) is 3.40. The van der Waals surface area contributed by atoms with Crippen molar-refractivity contribution >= 4 is 28.6 Å². The quantitative estimate of drug-likeness (QED) is 0.278. The van der Waals surface area contributed by atoms with Crippen molar-refractivity contribution in [2.24, 2.45) is 0 Å². The third-order valence-corrected chi connectivity index (χ3v) is 8.56. The standard InChI is InChI=1S/C36H35N5O5/c1-3-19-39(36(45)37-21-26-13-17-30(46-2)18-14-26)40-24-34(43)41-32(20-25-11-15-29(42)16-12-25)35(44)38(23-33(40)41)22-28-9-6-8-27-7-4-5-10-31(27)28/h1,4-18,32-33,42H,19-24H2,2H3,(H,37,45)/t32-,33+/m0/s1. The smallest absolute Gasteiger partial charge is 0.333 e. The van der Waals surface area contributed by atoms with Gasteiger partial charge in [-0.25, -0.2) is 9.80 Å². The highest BCUT2D eigenvalue weighted by Crippen LogP contribution is 2.31. The van der Waals surface area contributed by atoms with Crippen molar-refractivity contribution in [3.8, 4) is 23.8 Å². The highest BCUT2D eigenvalue weighted by molar-refractivity contribution is 5.92. The molecule has 0 aromatic heterocycles. The summed E-state index contributed by atoms with van der Waals surface area (Å²) in [4.78, 5) is 44.8. The van der Waals surface area contributed by atoms with E-state index in [-0.39, 0.29) is 50.2 Å². The summed E-state index contributed by atoms with van der Waals surface area (Å²) < 4.78 is 5.22. The minimum atomic E-state index is -0.814. The number of ether oxygens (including phenoxy) is 1. The maximum absolute atomic E-state index is 14.2. The summed E-state index contributed by atoms with van der Waals surface area (Å²) in [5.41, 5.74) is 2.65. The normalized spacial score (nSPS) is 17.9. The van der Waals surface area contributed by atoms with Gasteiger partial charge in [0.15, 0.2) is 0 Å². The number of nitrogens with one attached hydrogen (secondary N) is 1. The third kappa shape index (κ3) is 6.18. The fourth-order valence-corrected chi connectivity index (χ4v) is 6.26. The van der Waals surface area contributed by atoms with Crippen molar-refractivity contribution in [3.63, 3.8) is 0 Å². The molecule has 0 spiro atoms. The van der Waals surface area contributed by atoms with Crippen molar-refractivity contribution in [2.45, 2.75) is 31.7 Å². The van der Waals surface area contributed by atoms with E-state index in [0.717, 1.165) is 27.5 Å². The molecule has 6 rings (SSSR count). The highest BCUT2D eigenvalue weighted by Gasteiger charge is 2.52. The van der Waals surface area contributed by atoms with E-state index in [2.05, 4.69) is 11.2 Å². The Morgan fingerprint density at radius 2 is 1.72 bits per heavy atom. The molecule has 2 saturated heterocycles. The molecule has 2 atom stereocenters. The van der Waals surface area contributed by atoms with Crippen LogP contribution in [0.1, 0.15) is 16.7 Å². The SMILES string of the molecule is C#CCN(C(=O)NCc1ccc(OC)cc1)N1CC(=O)N2[C@@H](Cc3ccc(O)cc3)C(=O)N(Cc3cccc4ccccc34)C[C@@H]21. The average molecular weight is 618 g/mol. The highest BCUT2D eigenvalue weighted by atomic mass is 16.5. The molecule has 234 valence electrons. The van der Waals surface area contributed by atoms with Crippen LogP contribution in [0.3, 0.4) is 0 Å². The molecule has 0 bridgehead atoms. The largest absolute Gasteiger partial charge is 0.508 e. The second kappa shape index (κ2) is 13.2. The predicted molar refractivity (Wildman–Crippen MR) is 173 cm³/mol. The second-order valence-corrected chi connectivity index (χ2v) is 11.4. The molecule has 2 N–H and O–H groups in total. The van der Waals surface area contributed by atoms with E-state index in [0.29, 0.717) is 12.3 Å². The molecule has 0 unspecified atom stereocenters. The van der Waals surface area contributed by atoms with Gasteiger partial charge in [-0.05, 0) is 51.7 Å². The zero-order valence-electron chi connectivity index (χ0n) is 25.5. The second-order valence-electron chi connectivity index (χ2n) is 11.4. The number of terminal acetylenes is 1. The number of methoxy groups -OCH3 is 1. The van der Waals surface area contributed by atoms with Gasteiger partial charge in [0.1, 0.15) is 23.7 Å². The van der Waals surface area contributed by atoms with Gasteiger partial charge < -0.3 is 25.0 Å². The van der Waals surface area contributed by atoms with Crippen LogP contribution in [0.25, 0.3) is 10.8 Å². The molecule has 0 saturated carbocycles. The molecule has 10 heteroatoms. The Labute approximate surface area is 267 Å². The topological polar surface area (TPSA) is 106 Å². The fourth-order valence-electron chi connectivity index (χ4n) is 6.26. The van der Waals surface area contributed by atoms with Crippen molar-refractivity contribution in [1.29, 1.82) is 0 Å². The molecule has 0 radical (unpaired) electrons. The van der Waals surface area contributed by atoms with Gasteiger partial charge >= 0.3 is 6.03 Å². The summed E-state index contributed by atoms with van der Waals surface area (Å²) in [6, 6.07) is 26.7. The number of hydrogen-bond acceptors (Lipinski definition) is 6. The van der Waals surface area contributed by atoms with Crippen LogP contribution < -0.4 is 10.1 Å². The summed E-state index contributed by atoms with van der Waals surface area (Å²) in [6.07, 6.45) is 5.35. The van der Waals surface area contributed by atoms with E-state index in [9.17, 15) is 19.5 Å². The predicted octanol–water partition coefficient (Wildman–Crippen LogP) is 3.74. The number of amides is 4. The molecule has 2 aliphatic heterocycles. The zero-order chi connectivity index (χ0) is 32.2. The molecule has 4 amide bonds. The maximum atomic E-state index is 14.2. The van der Waals surface area contributed by atoms with E-state index in [4.69, 9.17) is 11.2 Å². The van der Waals surface area contributed by atoms with Crippen LogP contribution in [0.5, 0.6) is 11.5 Å². The van der Waals surface area contributed by atoms with Crippen LogP contribution in [-0.4, -0.2) is 81.7 Å².